The SMILES string of the molecule is COCCN(CCC#N)c1ccc(C#N)c(Cl)c1. The Kier molecular flexibility index (Phi) is 6.00. The van der Waals surface area contributed by atoms with Gasteiger partial charge in [-0.05, 0) is 18.2 Å². The molecule has 0 saturated carbocycles. The summed E-state index contributed by atoms with van der Waals surface area (Å²) in [6, 6.07) is 9.39. The molecule has 0 atom stereocenters. The van der Waals surface area contributed by atoms with Crippen molar-refractivity contribution in [2.45, 2.75) is 6.42 Å². The number of hydrogen-bond donors (Lipinski definition) is 0. The van der Waals surface area contributed by atoms with E-state index in [1.807, 2.05) is 17.0 Å². The van der Waals surface area contributed by atoms with Crippen molar-refractivity contribution in [2.75, 3.05) is 31.7 Å². The highest BCUT2D eigenvalue weighted by atomic mass is 35.5. The Morgan fingerprint density at radius 2 is 2.11 bits per heavy atom. The topological polar surface area (TPSA) is 60.0 Å². The first kappa shape index (κ1) is 14.3. The smallest absolute Gasteiger partial charge is 0.101 e. The second kappa shape index (κ2) is 7.55. The van der Waals surface area contributed by atoms with Crippen LogP contribution >= 0.6 is 11.6 Å². The fourth-order valence-electron chi connectivity index (χ4n) is 1.55. The van der Waals surface area contributed by atoms with Crippen LogP contribution in [0.5, 0.6) is 0 Å². The molecular weight excluding hydrogens is 250 g/mol. The molecule has 0 aliphatic carbocycles. The van der Waals surface area contributed by atoms with Gasteiger partial charge in [0.25, 0.3) is 0 Å². The summed E-state index contributed by atoms with van der Waals surface area (Å²) in [5.74, 6) is 0. The van der Waals surface area contributed by atoms with E-state index in [9.17, 15) is 0 Å². The van der Waals surface area contributed by atoms with Gasteiger partial charge in [0.1, 0.15) is 6.07 Å². The first-order chi connectivity index (χ1) is 8.72. The van der Waals surface area contributed by atoms with Gasteiger partial charge in [-0.1, -0.05) is 11.6 Å². The summed E-state index contributed by atoms with van der Waals surface area (Å²) >= 11 is 6.00. The number of nitrogens with zero attached hydrogens (tertiary/aromatic N) is 3. The zero-order valence-corrected chi connectivity index (χ0v) is 10.9. The maximum absolute atomic E-state index is 8.82. The van der Waals surface area contributed by atoms with Gasteiger partial charge in [0, 0.05) is 25.9 Å². The van der Waals surface area contributed by atoms with E-state index in [2.05, 4.69) is 6.07 Å². The third-order valence-electron chi connectivity index (χ3n) is 2.50. The average molecular weight is 264 g/mol. The molecule has 1 aromatic rings. The molecule has 0 aromatic heterocycles. The number of halogens is 1. The zero-order valence-electron chi connectivity index (χ0n) is 10.2. The molecule has 0 heterocycles. The van der Waals surface area contributed by atoms with Crippen LogP contribution < -0.4 is 4.90 Å². The van der Waals surface area contributed by atoms with E-state index in [0.29, 0.717) is 36.7 Å². The van der Waals surface area contributed by atoms with Gasteiger partial charge in [0.15, 0.2) is 0 Å². The van der Waals surface area contributed by atoms with Crippen LogP contribution in [0.4, 0.5) is 5.69 Å². The van der Waals surface area contributed by atoms with Crippen LogP contribution in [0.3, 0.4) is 0 Å². The Morgan fingerprint density at radius 3 is 2.67 bits per heavy atom. The van der Waals surface area contributed by atoms with Crippen LogP contribution in [-0.4, -0.2) is 26.8 Å². The van der Waals surface area contributed by atoms with Crippen molar-refractivity contribution < 1.29 is 4.74 Å². The number of methoxy groups -OCH3 is 1. The highest BCUT2D eigenvalue weighted by Gasteiger charge is 2.08. The van der Waals surface area contributed by atoms with E-state index in [1.165, 1.54) is 0 Å². The summed E-state index contributed by atoms with van der Waals surface area (Å²) in [7, 11) is 1.63. The van der Waals surface area contributed by atoms with Gasteiger partial charge in [0.05, 0.1) is 29.7 Å². The Morgan fingerprint density at radius 1 is 1.33 bits per heavy atom. The predicted octanol–water partition coefficient (Wildman–Crippen LogP) is 2.58. The van der Waals surface area contributed by atoms with Crippen LogP contribution in [0, 0.1) is 22.7 Å². The molecular formula is C13H14ClN3O. The molecule has 0 fully saturated rings. The second-order valence-corrected chi connectivity index (χ2v) is 4.07. The van der Waals surface area contributed by atoms with Crippen molar-refractivity contribution in [2.24, 2.45) is 0 Å². The van der Waals surface area contributed by atoms with Crippen LogP contribution in [0.15, 0.2) is 18.2 Å². The molecule has 0 bridgehead atoms. The Labute approximate surface area is 112 Å². The fraction of sp³-hybridized carbons (Fsp3) is 0.385. The summed E-state index contributed by atoms with van der Waals surface area (Å²) in [5, 5.41) is 17.9. The summed E-state index contributed by atoms with van der Waals surface area (Å²) < 4.78 is 5.04. The lowest BCUT2D eigenvalue weighted by atomic mass is 10.2. The third-order valence-corrected chi connectivity index (χ3v) is 2.81. The van der Waals surface area contributed by atoms with E-state index in [4.69, 9.17) is 26.9 Å². The number of anilines is 1. The minimum absolute atomic E-state index is 0.425. The van der Waals surface area contributed by atoms with E-state index < -0.39 is 0 Å². The molecule has 94 valence electrons. The maximum atomic E-state index is 8.82. The van der Waals surface area contributed by atoms with Crippen molar-refractivity contribution in [1.82, 2.24) is 0 Å². The minimum atomic E-state index is 0.425. The van der Waals surface area contributed by atoms with Gasteiger partial charge in [-0.25, -0.2) is 0 Å². The quantitative estimate of drug-likeness (QED) is 0.791. The number of nitriles is 2. The van der Waals surface area contributed by atoms with Gasteiger partial charge in [-0.3, -0.25) is 0 Å². The van der Waals surface area contributed by atoms with E-state index in [0.717, 1.165) is 5.69 Å². The Balaban J connectivity index is 2.87. The largest absolute Gasteiger partial charge is 0.383 e. The molecule has 0 aliphatic rings. The molecule has 0 aliphatic heterocycles. The normalized spacial score (nSPS) is 9.56. The Hall–Kier alpha value is -1.75. The molecule has 18 heavy (non-hydrogen) atoms. The molecule has 5 heteroatoms. The summed E-state index contributed by atoms with van der Waals surface area (Å²) in [6.07, 6.45) is 0.432. The van der Waals surface area contributed by atoms with Gasteiger partial charge in [0.2, 0.25) is 0 Å². The highest BCUT2D eigenvalue weighted by molar-refractivity contribution is 6.32. The highest BCUT2D eigenvalue weighted by Crippen LogP contribution is 2.23. The van der Waals surface area contributed by atoms with E-state index in [-0.39, 0.29) is 0 Å². The molecule has 0 unspecified atom stereocenters. The van der Waals surface area contributed by atoms with Crippen molar-refractivity contribution >= 4 is 17.3 Å². The number of benzene rings is 1. The van der Waals surface area contributed by atoms with Crippen LogP contribution in [0.1, 0.15) is 12.0 Å². The lowest BCUT2D eigenvalue weighted by Gasteiger charge is -2.23. The second-order valence-electron chi connectivity index (χ2n) is 3.66. The Bertz CT molecular complexity index is 476. The van der Waals surface area contributed by atoms with Crippen molar-refractivity contribution in [3.05, 3.63) is 28.8 Å². The lowest BCUT2D eigenvalue weighted by Crippen LogP contribution is -2.28. The molecule has 0 radical (unpaired) electrons. The third kappa shape index (κ3) is 3.92. The van der Waals surface area contributed by atoms with Gasteiger partial charge in [-0.2, -0.15) is 10.5 Å². The molecule has 0 spiro atoms. The first-order valence-corrected chi connectivity index (χ1v) is 5.91. The standard InChI is InChI=1S/C13H14ClN3O/c1-18-8-7-17(6-2-5-15)12-4-3-11(10-16)13(14)9-12/h3-4,9H,2,6-8H2,1H3. The van der Waals surface area contributed by atoms with Crippen LogP contribution in [-0.2, 0) is 4.74 Å². The van der Waals surface area contributed by atoms with Crippen molar-refractivity contribution in [3.8, 4) is 12.1 Å². The molecule has 1 aromatic carbocycles. The number of rotatable bonds is 6. The minimum Gasteiger partial charge on any atom is -0.383 e. The molecule has 0 N–H and O–H groups in total. The van der Waals surface area contributed by atoms with Crippen molar-refractivity contribution in [3.63, 3.8) is 0 Å². The van der Waals surface area contributed by atoms with Crippen LogP contribution in [0.2, 0.25) is 5.02 Å². The van der Waals surface area contributed by atoms with E-state index in [1.54, 1.807) is 19.2 Å². The first-order valence-electron chi connectivity index (χ1n) is 5.53. The maximum Gasteiger partial charge on any atom is 0.101 e. The van der Waals surface area contributed by atoms with Gasteiger partial charge < -0.3 is 9.64 Å². The lowest BCUT2D eigenvalue weighted by molar-refractivity contribution is 0.205. The van der Waals surface area contributed by atoms with Crippen LogP contribution in [0.25, 0.3) is 0 Å². The zero-order chi connectivity index (χ0) is 13.4. The summed E-state index contributed by atoms with van der Waals surface area (Å²) in [5.41, 5.74) is 1.35. The molecule has 0 amide bonds. The fourth-order valence-corrected chi connectivity index (χ4v) is 1.76. The number of hydrogen-bond acceptors (Lipinski definition) is 4. The molecule has 1 rings (SSSR count). The van der Waals surface area contributed by atoms with Gasteiger partial charge >= 0.3 is 0 Å². The summed E-state index contributed by atoms with van der Waals surface area (Å²) in [4.78, 5) is 2.01. The predicted molar refractivity (Wildman–Crippen MR) is 70.5 cm³/mol. The summed E-state index contributed by atoms with van der Waals surface area (Å²) in [6.45, 7) is 1.87. The molecule has 0 saturated heterocycles. The monoisotopic (exact) mass is 263 g/mol. The van der Waals surface area contributed by atoms with E-state index >= 15 is 0 Å². The molecule has 4 nitrogen and oxygen atoms in total. The average Bonchev–Trinajstić information content (AvgIpc) is 2.39. The number of ether oxygens (including phenoxy) is 1. The van der Waals surface area contributed by atoms with Gasteiger partial charge in [-0.15, -0.1) is 0 Å². The van der Waals surface area contributed by atoms with Crippen molar-refractivity contribution in [1.29, 1.82) is 10.5 Å².